The van der Waals surface area contributed by atoms with Crippen LogP contribution in [-0.2, 0) is 21.4 Å². The van der Waals surface area contributed by atoms with E-state index < -0.39 is 10.0 Å². The van der Waals surface area contributed by atoms with E-state index in [9.17, 15) is 8.42 Å². The van der Waals surface area contributed by atoms with E-state index in [4.69, 9.17) is 9.88 Å². The van der Waals surface area contributed by atoms with Crippen molar-refractivity contribution in [3.8, 4) is 0 Å². The zero-order chi connectivity index (χ0) is 14.5. The lowest BCUT2D eigenvalue weighted by atomic mass is 9.76. The number of sulfonamides is 1. The van der Waals surface area contributed by atoms with Crippen LogP contribution in [0.5, 0.6) is 0 Å². The Balaban J connectivity index is 1.94. The van der Waals surface area contributed by atoms with Crippen molar-refractivity contribution in [3.05, 3.63) is 35.9 Å². The van der Waals surface area contributed by atoms with E-state index in [2.05, 4.69) is 0 Å². The average molecular weight is 297 g/mol. The second-order valence-corrected chi connectivity index (χ2v) is 7.46. The highest BCUT2D eigenvalue weighted by molar-refractivity contribution is 7.89. The molecule has 0 amide bonds. The molecule has 0 saturated heterocycles. The predicted octanol–water partition coefficient (Wildman–Crippen LogP) is 2.44. The minimum atomic E-state index is -3.46. The zero-order valence-electron chi connectivity index (χ0n) is 11.8. The van der Waals surface area contributed by atoms with E-state index in [1.165, 1.54) is 6.42 Å². The summed E-state index contributed by atoms with van der Waals surface area (Å²) in [5.41, 5.74) is 0.815. The molecule has 4 nitrogen and oxygen atoms in total. The van der Waals surface area contributed by atoms with E-state index in [0.717, 1.165) is 31.2 Å². The van der Waals surface area contributed by atoms with Gasteiger partial charge in [-0.25, -0.2) is 13.6 Å². The fraction of sp³-hybridized carbons (Fsp3) is 0.600. The van der Waals surface area contributed by atoms with Gasteiger partial charge in [0, 0.05) is 5.41 Å². The molecule has 5 heteroatoms. The Kier molecular flexibility index (Phi) is 5.18. The SMILES string of the molecule is NS(=O)(=O)CC1(COCc2ccccc2)CCCCC1. The molecule has 1 aromatic carbocycles. The molecular weight excluding hydrogens is 274 g/mol. The molecule has 20 heavy (non-hydrogen) atoms. The molecule has 1 aliphatic carbocycles. The van der Waals surface area contributed by atoms with E-state index >= 15 is 0 Å². The summed E-state index contributed by atoms with van der Waals surface area (Å²) in [5.74, 6) is 0.0365. The molecule has 0 spiro atoms. The Morgan fingerprint density at radius 3 is 2.35 bits per heavy atom. The number of primary sulfonamides is 1. The second-order valence-electron chi connectivity index (χ2n) is 5.85. The van der Waals surface area contributed by atoms with Gasteiger partial charge in [-0.15, -0.1) is 0 Å². The first-order valence-corrected chi connectivity index (χ1v) is 8.83. The molecule has 1 saturated carbocycles. The van der Waals surface area contributed by atoms with Crippen LogP contribution in [0.4, 0.5) is 0 Å². The summed E-state index contributed by atoms with van der Waals surface area (Å²) in [6.07, 6.45) is 5.07. The maximum absolute atomic E-state index is 11.5. The highest BCUT2D eigenvalue weighted by Gasteiger charge is 2.36. The lowest BCUT2D eigenvalue weighted by Gasteiger charge is -2.36. The first-order valence-electron chi connectivity index (χ1n) is 7.11. The zero-order valence-corrected chi connectivity index (χ0v) is 12.6. The Hall–Kier alpha value is -0.910. The van der Waals surface area contributed by atoms with Crippen molar-refractivity contribution < 1.29 is 13.2 Å². The fourth-order valence-corrected chi connectivity index (χ4v) is 4.24. The number of hydrogen-bond donors (Lipinski definition) is 1. The minimum Gasteiger partial charge on any atom is -0.376 e. The summed E-state index contributed by atoms with van der Waals surface area (Å²) in [6, 6.07) is 9.92. The van der Waals surface area contributed by atoms with E-state index in [0.29, 0.717) is 13.2 Å². The van der Waals surface area contributed by atoms with Gasteiger partial charge in [-0.05, 0) is 18.4 Å². The third-order valence-electron chi connectivity index (χ3n) is 3.94. The molecule has 0 radical (unpaired) electrons. The average Bonchev–Trinajstić information content (AvgIpc) is 2.39. The van der Waals surface area contributed by atoms with Crippen LogP contribution in [0.15, 0.2) is 30.3 Å². The number of ether oxygens (including phenoxy) is 1. The van der Waals surface area contributed by atoms with Gasteiger partial charge >= 0.3 is 0 Å². The molecule has 0 unspecified atom stereocenters. The smallest absolute Gasteiger partial charge is 0.209 e. The Bertz CT molecular complexity index is 507. The largest absolute Gasteiger partial charge is 0.376 e. The second kappa shape index (κ2) is 6.70. The van der Waals surface area contributed by atoms with Crippen molar-refractivity contribution in [2.45, 2.75) is 38.7 Å². The first kappa shape index (κ1) is 15.5. The van der Waals surface area contributed by atoms with Gasteiger partial charge in [0.15, 0.2) is 0 Å². The van der Waals surface area contributed by atoms with Gasteiger partial charge < -0.3 is 4.74 Å². The van der Waals surface area contributed by atoms with Crippen molar-refractivity contribution in [3.63, 3.8) is 0 Å². The Labute approximate surface area is 121 Å². The summed E-state index contributed by atoms with van der Waals surface area (Å²) >= 11 is 0. The molecule has 0 heterocycles. The molecule has 1 aliphatic rings. The molecule has 1 fully saturated rings. The molecule has 0 aromatic heterocycles. The highest BCUT2D eigenvalue weighted by atomic mass is 32.2. The van der Waals surface area contributed by atoms with Gasteiger partial charge in [0.05, 0.1) is 19.0 Å². The van der Waals surface area contributed by atoms with Gasteiger partial charge in [-0.3, -0.25) is 0 Å². The van der Waals surface area contributed by atoms with Crippen LogP contribution >= 0.6 is 0 Å². The van der Waals surface area contributed by atoms with Crippen molar-refractivity contribution >= 4 is 10.0 Å². The van der Waals surface area contributed by atoms with Crippen LogP contribution in [0.2, 0.25) is 0 Å². The number of benzene rings is 1. The van der Waals surface area contributed by atoms with Crippen LogP contribution in [0.3, 0.4) is 0 Å². The summed E-state index contributed by atoms with van der Waals surface area (Å²) in [4.78, 5) is 0. The topological polar surface area (TPSA) is 69.4 Å². The highest BCUT2D eigenvalue weighted by Crippen LogP contribution is 2.37. The van der Waals surface area contributed by atoms with E-state index in [-0.39, 0.29) is 11.2 Å². The van der Waals surface area contributed by atoms with Gasteiger partial charge in [0.1, 0.15) is 0 Å². The van der Waals surface area contributed by atoms with Crippen LogP contribution in [0, 0.1) is 5.41 Å². The van der Waals surface area contributed by atoms with Gasteiger partial charge in [-0.2, -0.15) is 0 Å². The Morgan fingerprint density at radius 1 is 1.10 bits per heavy atom. The standard InChI is InChI=1S/C15H23NO3S/c16-20(17,18)13-15(9-5-2-6-10-15)12-19-11-14-7-3-1-4-8-14/h1,3-4,7-8H,2,5-6,9-13H2,(H2,16,17,18). The van der Waals surface area contributed by atoms with E-state index in [1.807, 2.05) is 30.3 Å². The fourth-order valence-electron chi connectivity index (χ4n) is 3.02. The maximum atomic E-state index is 11.5. The lowest BCUT2D eigenvalue weighted by molar-refractivity contribution is 0.0240. The number of rotatable bonds is 6. The van der Waals surface area contributed by atoms with Crippen LogP contribution in [0.1, 0.15) is 37.7 Å². The predicted molar refractivity (Wildman–Crippen MR) is 79.6 cm³/mol. The van der Waals surface area contributed by atoms with Crippen LogP contribution in [0.25, 0.3) is 0 Å². The number of nitrogens with two attached hydrogens (primary N) is 1. The summed E-state index contributed by atoms with van der Waals surface area (Å²) in [6.45, 7) is 0.992. The van der Waals surface area contributed by atoms with Crippen LogP contribution < -0.4 is 5.14 Å². The lowest BCUT2D eigenvalue weighted by Crippen LogP contribution is -2.39. The third-order valence-corrected chi connectivity index (χ3v) is 4.96. The van der Waals surface area contributed by atoms with Crippen molar-refractivity contribution in [1.29, 1.82) is 0 Å². The van der Waals surface area contributed by atoms with Crippen molar-refractivity contribution in [2.75, 3.05) is 12.4 Å². The summed E-state index contributed by atoms with van der Waals surface area (Å²) in [5, 5.41) is 5.25. The van der Waals surface area contributed by atoms with Gasteiger partial charge in [0.2, 0.25) is 10.0 Å². The Morgan fingerprint density at radius 2 is 1.75 bits per heavy atom. The quantitative estimate of drug-likeness (QED) is 0.876. The monoisotopic (exact) mass is 297 g/mol. The van der Waals surface area contributed by atoms with Gasteiger partial charge in [-0.1, -0.05) is 49.6 Å². The summed E-state index contributed by atoms with van der Waals surface area (Å²) < 4.78 is 28.7. The van der Waals surface area contributed by atoms with Gasteiger partial charge in [0.25, 0.3) is 0 Å². The molecule has 112 valence electrons. The molecule has 2 N–H and O–H groups in total. The number of hydrogen-bond acceptors (Lipinski definition) is 3. The molecule has 0 bridgehead atoms. The first-order chi connectivity index (χ1) is 9.49. The molecule has 1 aromatic rings. The van der Waals surface area contributed by atoms with Crippen LogP contribution in [-0.4, -0.2) is 20.8 Å². The molecule has 0 atom stereocenters. The molecule has 0 aliphatic heterocycles. The normalized spacial score (nSPS) is 18.9. The minimum absolute atomic E-state index is 0.0365. The van der Waals surface area contributed by atoms with E-state index in [1.54, 1.807) is 0 Å². The van der Waals surface area contributed by atoms with Crippen molar-refractivity contribution in [1.82, 2.24) is 0 Å². The maximum Gasteiger partial charge on any atom is 0.209 e. The molecule has 2 rings (SSSR count). The molecular formula is C15H23NO3S. The third kappa shape index (κ3) is 4.89. The van der Waals surface area contributed by atoms with Crippen molar-refractivity contribution in [2.24, 2.45) is 10.6 Å². The summed E-state index contributed by atoms with van der Waals surface area (Å²) in [7, 11) is -3.46.